The van der Waals surface area contributed by atoms with Gasteiger partial charge >= 0.3 is 0 Å². The van der Waals surface area contributed by atoms with Gasteiger partial charge in [0.15, 0.2) is 0 Å². The third-order valence-electron chi connectivity index (χ3n) is 2.46. The fourth-order valence-electron chi connectivity index (χ4n) is 1.69. The van der Waals surface area contributed by atoms with Crippen LogP contribution >= 0.6 is 0 Å². The van der Waals surface area contributed by atoms with Crippen LogP contribution in [0.25, 0.3) is 0 Å². The maximum absolute atomic E-state index is 11.9. The van der Waals surface area contributed by atoms with Crippen LogP contribution in [0.15, 0.2) is 12.1 Å². The van der Waals surface area contributed by atoms with E-state index in [0.717, 1.165) is 18.5 Å². The molecule has 1 atom stereocenters. The molecule has 1 rings (SSSR count). The second kappa shape index (κ2) is 6.20. The molecule has 0 fully saturated rings. The van der Waals surface area contributed by atoms with Crippen molar-refractivity contribution in [2.45, 2.75) is 39.7 Å². The standard InChI is InChI=1S/C12H20N4O/c1-4-5-8(2)15-12(17)10-6-9(3)14-11(7-10)16-13/h6-8H,4-5,13H2,1-3H3,(H,14,16)(H,15,17). The van der Waals surface area contributed by atoms with Crippen molar-refractivity contribution >= 4 is 11.7 Å². The number of pyridine rings is 1. The summed E-state index contributed by atoms with van der Waals surface area (Å²) in [6, 6.07) is 3.56. The molecule has 1 aromatic heterocycles. The quantitative estimate of drug-likeness (QED) is 0.536. The first-order chi connectivity index (χ1) is 8.06. The largest absolute Gasteiger partial charge is 0.350 e. The fourth-order valence-corrected chi connectivity index (χ4v) is 1.69. The summed E-state index contributed by atoms with van der Waals surface area (Å²) in [4.78, 5) is 16.1. The van der Waals surface area contributed by atoms with Gasteiger partial charge in [0.25, 0.3) is 5.91 Å². The summed E-state index contributed by atoms with van der Waals surface area (Å²) >= 11 is 0. The zero-order chi connectivity index (χ0) is 12.8. The Morgan fingerprint density at radius 2 is 2.24 bits per heavy atom. The monoisotopic (exact) mass is 236 g/mol. The van der Waals surface area contributed by atoms with E-state index in [1.165, 1.54) is 0 Å². The zero-order valence-electron chi connectivity index (χ0n) is 10.6. The molecule has 5 heteroatoms. The maximum Gasteiger partial charge on any atom is 0.251 e. The van der Waals surface area contributed by atoms with Gasteiger partial charge in [-0.25, -0.2) is 10.8 Å². The van der Waals surface area contributed by atoms with E-state index in [2.05, 4.69) is 22.7 Å². The van der Waals surface area contributed by atoms with E-state index in [1.807, 2.05) is 13.8 Å². The Morgan fingerprint density at radius 3 is 2.82 bits per heavy atom. The molecule has 0 saturated heterocycles. The van der Waals surface area contributed by atoms with Crippen molar-refractivity contribution in [2.75, 3.05) is 5.43 Å². The van der Waals surface area contributed by atoms with Crippen LogP contribution in [-0.4, -0.2) is 16.9 Å². The summed E-state index contributed by atoms with van der Waals surface area (Å²) in [6.07, 6.45) is 2.02. The summed E-state index contributed by atoms with van der Waals surface area (Å²) in [5.41, 5.74) is 3.79. The summed E-state index contributed by atoms with van der Waals surface area (Å²) in [5.74, 6) is 5.70. The summed E-state index contributed by atoms with van der Waals surface area (Å²) in [5, 5.41) is 2.94. The molecule has 0 radical (unpaired) electrons. The van der Waals surface area contributed by atoms with Crippen molar-refractivity contribution in [1.82, 2.24) is 10.3 Å². The Balaban J connectivity index is 2.78. The molecule has 1 unspecified atom stereocenters. The Labute approximate surface area is 102 Å². The van der Waals surface area contributed by atoms with Crippen molar-refractivity contribution in [2.24, 2.45) is 5.84 Å². The number of nitrogens with two attached hydrogens (primary N) is 1. The van der Waals surface area contributed by atoms with E-state index in [9.17, 15) is 4.79 Å². The molecule has 0 aliphatic rings. The molecule has 0 aromatic carbocycles. The number of hydrogen-bond donors (Lipinski definition) is 3. The summed E-state index contributed by atoms with van der Waals surface area (Å²) in [6.45, 7) is 5.92. The maximum atomic E-state index is 11.9. The molecule has 0 aliphatic heterocycles. The van der Waals surface area contributed by atoms with Crippen LogP contribution in [-0.2, 0) is 0 Å². The number of nitrogen functional groups attached to an aromatic ring is 1. The first-order valence-corrected chi connectivity index (χ1v) is 5.83. The fraction of sp³-hybridized carbons (Fsp3) is 0.500. The number of carbonyl (C=O) groups excluding carboxylic acids is 1. The van der Waals surface area contributed by atoms with E-state index >= 15 is 0 Å². The molecule has 4 N–H and O–H groups in total. The number of rotatable bonds is 5. The number of anilines is 1. The van der Waals surface area contributed by atoms with E-state index in [1.54, 1.807) is 12.1 Å². The average molecular weight is 236 g/mol. The first kappa shape index (κ1) is 13.4. The lowest BCUT2D eigenvalue weighted by Crippen LogP contribution is -2.32. The third-order valence-corrected chi connectivity index (χ3v) is 2.46. The third kappa shape index (κ3) is 4.03. The second-order valence-electron chi connectivity index (χ2n) is 4.19. The van der Waals surface area contributed by atoms with Gasteiger partial charge in [0, 0.05) is 17.3 Å². The zero-order valence-corrected chi connectivity index (χ0v) is 10.6. The first-order valence-electron chi connectivity index (χ1n) is 5.83. The van der Waals surface area contributed by atoms with Gasteiger partial charge < -0.3 is 10.7 Å². The lowest BCUT2D eigenvalue weighted by Gasteiger charge is -2.13. The molecule has 17 heavy (non-hydrogen) atoms. The van der Waals surface area contributed by atoms with Crippen LogP contribution < -0.4 is 16.6 Å². The van der Waals surface area contributed by atoms with Crippen molar-refractivity contribution < 1.29 is 4.79 Å². The molecule has 0 spiro atoms. The Bertz CT molecular complexity index is 392. The van der Waals surface area contributed by atoms with Gasteiger partial charge in [-0.2, -0.15) is 0 Å². The van der Waals surface area contributed by atoms with Gasteiger partial charge in [0.05, 0.1) is 0 Å². The Morgan fingerprint density at radius 1 is 1.53 bits per heavy atom. The van der Waals surface area contributed by atoms with Gasteiger partial charge in [0.1, 0.15) is 5.82 Å². The number of aromatic nitrogens is 1. The van der Waals surface area contributed by atoms with Gasteiger partial charge in [0.2, 0.25) is 0 Å². The van der Waals surface area contributed by atoms with Crippen LogP contribution in [0.5, 0.6) is 0 Å². The van der Waals surface area contributed by atoms with E-state index < -0.39 is 0 Å². The molecular weight excluding hydrogens is 216 g/mol. The van der Waals surface area contributed by atoms with Crippen LogP contribution in [0, 0.1) is 6.92 Å². The van der Waals surface area contributed by atoms with Crippen LogP contribution in [0.1, 0.15) is 42.7 Å². The molecular formula is C12H20N4O. The number of nitrogens with one attached hydrogen (secondary N) is 2. The number of hydrogen-bond acceptors (Lipinski definition) is 4. The SMILES string of the molecule is CCCC(C)NC(=O)c1cc(C)nc(NN)c1. The summed E-state index contributed by atoms with van der Waals surface area (Å²) < 4.78 is 0. The molecule has 0 saturated carbocycles. The van der Waals surface area contributed by atoms with Gasteiger partial charge in [-0.15, -0.1) is 0 Å². The van der Waals surface area contributed by atoms with Gasteiger partial charge in [-0.3, -0.25) is 4.79 Å². The molecule has 5 nitrogen and oxygen atoms in total. The molecule has 1 amide bonds. The highest BCUT2D eigenvalue weighted by atomic mass is 16.1. The van der Waals surface area contributed by atoms with Crippen LogP contribution in [0.2, 0.25) is 0 Å². The number of hydrazine groups is 1. The predicted molar refractivity (Wildman–Crippen MR) is 68.6 cm³/mol. The molecule has 0 bridgehead atoms. The van der Waals surface area contributed by atoms with E-state index in [-0.39, 0.29) is 11.9 Å². The van der Waals surface area contributed by atoms with Gasteiger partial charge in [-0.05, 0) is 32.4 Å². The van der Waals surface area contributed by atoms with Crippen molar-refractivity contribution in [3.63, 3.8) is 0 Å². The molecule has 1 aromatic rings. The predicted octanol–water partition coefficient (Wildman–Crippen LogP) is 1.59. The topological polar surface area (TPSA) is 80.0 Å². The number of carbonyl (C=O) groups is 1. The summed E-state index contributed by atoms with van der Waals surface area (Å²) in [7, 11) is 0. The number of amides is 1. The smallest absolute Gasteiger partial charge is 0.251 e. The van der Waals surface area contributed by atoms with E-state index in [4.69, 9.17) is 5.84 Å². The highest BCUT2D eigenvalue weighted by molar-refractivity contribution is 5.95. The average Bonchev–Trinajstić information content (AvgIpc) is 2.28. The number of aryl methyl sites for hydroxylation is 1. The lowest BCUT2D eigenvalue weighted by molar-refractivity contribution is 0.0938. The van der Waals surface area contributed by atoms with Crippen molar-refractivity contribution in [3.8, 4) is 0 Å². The number of nitrogens with zero attached hydrogens (tertiary/aromatic N) is 1. The lowest BCUT2D eigenvalue weighted by atomic mass is 10.1. The highest BCUT2D eigenvalue weighted by Gasteiger charge is 2.10. The normalized spacial score (nSPS) is 12.0. The van der Waals surface area contributed by atoms with Crippen molar-refractivity contribution in [1.29, 1.82) is 0 Å². The minimum Gasteiger partial charge on any atom is -0.350 e. The minimum absolute atomic E-state index is 0.0899. The Kier molecular flexibility index (Phi) is 4.90. The highest BCUT2D eigenvalue weighted by Crippen LogP contribution is 2.09. The molecule has 1 heterocycles. The Hall–Kier alpha value is -1.62. The van der Waals surface area contributed by atoms with Crippen LogP contribution in [0.3, 0.4) is 0 Å². The van der Waals surface area contributed by atoms with Gasteiger partial charge in [-0.1, -0.05) is 13.3 Å². The van der Waals surface area contributed by atoms with Crippen molar-refractivity contribution in [3.05, 3.63) is 23.4 Å². The van der Waals surface area contributed by atoms with E-state index in [0.29, 0.717) is 11.4 Å². The molecule has 0 aliphatic carbocycles. The second-order valence-corrected chi connectivity index (χ2v) is 4.19. The van der Waals surface area contributed by atoms with Crippen LogP contribution in [0.4, 0.5) is 5.82 Å². The minimum atomic E-state index is -0.0899. The molecule has 94 valence electrons.